The highest BCUT2D eigenvalue weighted by Crippen LogP contribution is 1.76. The van der Waals surface area contributed by atoms with Crippen molar-refractivity contribution in [3.63, 3.8) is 0 Å². The molecular weight excluding hydrogens is 220 g/mol. The van der Waals surface area contributed by atoms with Gasteiger partial charge in [-0.3, -0.25) is 9.35 Å². The van der Waals surface area contributed by atoms with E-state index in [2.05, 4.69) is 22.9 Å². The molecule has 7 nitrogen and oxygen atoms in total. The topological polar surface area (TPSA) is 116 Å². The van der Waals surface area contributed by atoms with Crippen LogP contribution in [0.2, 0.25) is 0 Å². The molecule has 0 aliphatic heterocycles. The zero-order valence-corrected chi connectivity index (χ0v) is 7.98. The summed E-state index contributed by atoms with van der Waals surface area (Å²) in [5, 5.41) is 12.3. The van der Waals surface area contributed by atoms with E-state index in [0.29, 0.717) is 0 Å². The predicted molar refractivity (Wildman–Crippen MR) is 47.8 cm³/mol. The SMILES string of the molecule is O=C(O)CNC(=S)NCS(=O)(=O)O. The molecule has 0 aromatic carbocycles. The molecule has 0 atom stereocenters. The monoisotopic (exact) mass is 228 g/mol. The zero-order chi connectivity index (χ0) is 10.5. The maximum atomic E-state index is 10.2. The number of carbonyl (C=O) groups is 1. The molecular formula is C4H8N2O5S2. The number of carboxylic acid groups (broad SMARTS) is 1. The van der Waals surface area contributed by atoms with Crippen LogP contribution in [0, 0.1) is 0 Å². The fourth-order valence-electron chi connectivity index (χ4n) is 0.375. The highest BCUT2D eigenvalue weighted by atomic mass is 32.2. The van der Waals surface area contributed by atoms with E-state index in [1.165, 1.54) is 0 Å². The standard InChI is InChI=1S/C4H8N2O5S2/c7-3(8)1-5-4(12)6-2-13(9,10)11/h1-2H2,(H,7,8)(H2,5,6,12)(H,9,10,11). The number of hydrogen-bond donors (Lipinski definition) is 4. The quantitative estimate of drug-likeness (QED) is 0.335. The normalized spacial score (nSPS) is 10.5. The van der Waals surface area contributed by atoms with Crippen LogP contribution >= 0.6 is 12.2 Å². The summed E-state index contributed by atoms with van der Waals surface area (Å²) in [7, 11) is -4.14. The number of thiocarbonyl (C=S) groups is 1. The summed E-state index contributed by atoms with van der Waals surface area (Å²) in [5.41, 5.74) is 0. The molecule has 0 aromatic rings. The molecule has 0 rings (SSSR count). The molecule has 0 saturated carbocycles. The third-order valence-corrected chi connectivity index (χ3v) is 1.61. The lowest BCUT2D eigenvalue weighted by Crippen LogP contribution is -2.40. The van der Waals surface area contributed by atoms with Crippen molar-refractivity contribution in [3.05, 3.63) is 0 Å². The van der Waals surface area contributed by atoms with Crippen LogP contribution in [0.1, 0.15) is 0 Å². The molecule has 0 amide bonds. The minimum absolute atomic E-state index is 0.153. The highest BCUT2D eigenvalue weighted by Gasteiger charge is 2.05. The van der Waals surface area contributed by atoms with Crippen LogP contribution in [0.5, 0.6) is 0 Å². The third kappa shape index (κ3) is 8.98. The van der Waals surface area contributed by atoms with Crippen LogP contribution < -0.4 is 10.6 Å². The van der Waals surface area contributed by atoms with Crippen molar-refractivity contribution in [2.45, 2.75) is 0 Å². The Morgan fingerprint density at radius 1 is 1.38 bits per heavy atom. The Bertz CT molecular complexity index is 298. The molecule has 4 N–H and O–H groups in total. The van der Waals surface area contributed by atoms with E-state index >= 15 is 0 Å². The number of nitrogens with one attached hydrogen (secondary N) is 2. The van der Waals surface area contributed by atoms with E-state index in [1.807, 2.05) is 0 Å². The Balaban J connectivity index is 3.71. The maximum Gasteiger partial charge on any atom is 0.322 e. The molecule has 0 fully saturated rings. The van der Waals surface area contributed by atoms with E-state index in [9.17, 15) is 13.2 Å². The van der Waals surface area contributed by atoms with Gasteiger partial charge in [-0.05, 0) is 12.2 Å². The van der Waals surface area contributed by atoms with Gasteiger partial charge in [0.15, 0.2) is 5.11 Å². The average molecular weight is 228 g/mol. The van der Waals surface area contributed by atoms with Gasteiger partial charge in [0.1, 0.15) is 12.4 Å². The Morgan fingerprint density at radius 2 is 1.92 bits per heavy atom. The highest BCUT2D eigenvalue weighted by molar-refractivity contribution is 7.85. The Hall–Kier alpha value is -0.930. The van der Waals surface area contributed by atoms with E-state index in [1.54, 1.807) is 0 Å². The summed E-state index contributed by atoms with van der Waals surface area (Å²) >= 11 is 4.48. The minimum atomic E-state index is -4.14. The van der Waals surface area contributed by atoms with Gasteiger partial charge in [-0.25, -0.2) is 0 Å². The van der Waals surface area contributed by atoms with Gasteiger partial charge in [0.25, 0.3) is 10.1 Å². The predicted octanol–water partition coefficient (Wildman–Crippen LogP) is -1.62. The van der Waals surface area contributed by atoms with Crippen molar-refractivity contribution in [3.8, 4) is 0 Å². The molecule has 0 bridgehead atoms. The number of carboxylic acids is 1. The Morgan fingerprint density at radius 3 is 2.31 bits per heavy atom. The lowest BCUT2D eigenvalue weighted by atomic mass is 10.7. The molecule has 0 heterocycles. The second-order valence-electron chi connectivity index (χ2n) is 1.98. The Kier molecular flexibility index (Phi) is 4.59. The van der Waals surface area contributed by atoms with E-state index < -0.39 is 28.5 Å². The summed E-state index contributed by atoms with van der Waals surface area (Å²) in [6.07, 6.45) is 0. The number of hydrogen-bond acceptors (Lipinski definition) is 4. The van der Waals surface area contributed by atoms with Crippen molar-refractivity contribution in [2.24, 2.45) is 0 Å². The number of rotatable bonds is 4. The average Bonchev–Trinajstić information content (AvgIpc) is 1.95. The first kappa shape index (κ1) is 12.1. The first-order valence-electron chi connectivity index (χ1n) is 3.00. The lowest BCUT2D eigenvalue weighted by Gasteiger charge is -2.06. The van der Waals surface area contributed by atoms with Gasteiger partial charge in [0, 0.05) is 0 Å². The van der Waals surface area contributed by atoms with Gasteiger partial charge >= 0.3 is 5.97 Å². The molecule has 9 heteroatoms. The molecule has 0 spiro atoms. The molecule has 76 valence electrons. The molecule has 0 saturated heterocycles. The van der Waals surface area contributed by atoms with Crippen molar-refractivity contribution in [2.75, 3.05) is 12.4 Å². The van der Waals surface area contributed by atoms with Crippen LogP contribution in [-0.4, -0.2) is 41.6 Å². The summed E-state index contributed by atoms with van der Waals surface area (Å²) in [6.45, 7) is -0.419. The van der Waals surface area contributed by atoms with Gasteiger partial charge in [0.2, 0.25) is 0 Å². The van der Waals surface area contributed by atoms with Crippen LogP contribution in [-0.2, 0) is 14.9 Å². The number of aliphatic carboxylic acids is 1. The van der Waals surface area contributed by atoms with Gasteiger partial charge in [-0.15, -0.1) is 0 Å². The lowest BCUT2D eigenvalue weighted by molar-refractivity contribution is -0.135. The van der Waals surface area contributed by atoms with Crippen LogP contribution in [0.4, 0.5) is 0 Å². The van der Waals surface area contributed by atoms with Gasteiger partial charge in [0.05, 0.1) is 0 Å². The summed E-state index contributed by atoms with van der Waals surface area (Å²) < 4.78 is 28.6. The third-order valence-electron chi connectivity index (χ3n) is 0.815. The molecule has 0 aromatic heterocycles. The molecule has 0 aliphatic carbocycles. The fraction of sp³-hybridized carbons (Fsp3) is 0.500. The fourth-order valence-corrected chi connectivity index (χ4v) is 0.938. The summed E-state index contributed by atoms with van der Waals surface area (Å²) in [4.78, 5) is 9.99. The van der Waals surface area contributed by atoms with Crippen molar-refractivity contribution < 1.29 is 22.9 Å². The van der Waals surface area contributed by atoms with Crippen molar-refractivity contribution in [1.82, 2.24) is 10.6 Å². The first-order chi connectivity index (χ1) is 5.81. The maximum absolute atomic E-state index is 10.2. The Labute approximate surface area is 79.9 Å². The second-order valence-corrected chi connectivity index (χ2v) is 3.84. The molecule has 0 radical (unpaired) electrons. The summed E-state index contributed by atoms with van der Waals surface area (Å²) in [5.74, 6) is -1.88. The first-order valence-corrected chi connectivity index (χ1v) is 5.01. The van der Waals surface area contributed by atoms with Gasteiger partial charge in [-0.1, -0.05) is 0 Å². The zero-order valence-electron chi connectivity index (χ0n) is 6.35. The minimum Gasteiger partial charge on any atom is -0.480 e. The molecule has 0 aliphatic rings. The largest absolute Gasteiger partial charge is 0.480 e. The van der Waals surface area contributed by atoms with E-state index in [-0.39, 0.29) is 5.11 Å². The van der Waals surface area contributed by atoms with E-state index in [4.69, 9.17) is 9.66 Å². The molecule has 0 unspecified atom stereocenters. The smallest absolute Gasteiger partial charge is 0.322 e. The van der Waals surface area contributed by atoms with Crippen LogP contribution in [0.15, 0.2) is 0 Å². The van der Waals surface area contributed by atoms with Gasteiger partial charge in [-0.2, -0.15) is 8.42 Å². The molecule has 13 heavy (non-hydrogen) atoms. The van der Waals surface area contributed by atoms with Gasteiger partial charge < -0.3 is 15.7 Å². The van der Waals surface area contributed by atoms with Crippen LogP contribution in [0.25, 0.3) is 0 Å². The van der Waals surface area contributed by atoms with E-state index in [0.717, 1.165) is 0 Å². The summed E-state index contributed by atoms with van der Waals surface area (Å²) in [6, 6.07) is 0. The van der Waals surface area contributed by atoms with Crippen molar-refractivity contribution in [1.29, 1.82) is 0 Å². The van der Waals surface area contributed by atoms with Crippen LogP contribution in [0.3, 0.4) is 0 Å². The second kappa shape index (κ2) is 4.94. The van der Waals surface area contributed by atoms with Crippen molar-refractivity contribution >= 4 is 33.4 Å².